The second-order valence-electron chi connectivity index (χ2n) is 12.4. The van der Waals surface area contributed by atoms with E-state index in [1.165, 1.54) is 53.2 Å². The molecule has 4 heteroatoms. The molecule has 0 fully saturated rings. The van der Waals surface area contributed by atoms with Gasteiger partial charge in [-0.05, 0) is 68.9 Å². The number of hydrogen-bond acceptors (Lipinski definition) is 4. The minimum absolute atomic E-state index is 0.660. The Morgan fingerprint density at radius 3 is 1.83 bits per heavy atom. The lowest BCUT2D eigenvalue weighted by Gasteiger charge is -2.32. The van der Waals surface area contributed by atoms with Gasteiger partial charge >= 0.3 is 0 Å². The van der Waals surface area contributed by atoms with Crippen molar-refractivity contribution in [3.05, 3.63) is 186 Å². The van der Waals surface area contributed by atoms with Crippen LogP contribution >= 0.6 is 11.3 Å². The summed E-state index contributed by atoms with van der Waals surface area (Å²) in [4.78, 5) is 16.1. The maximum atomic E-state index is 5.49. The van der Waals surface area contributed by atoms with Gasteiger partial charge in [-0.1, -0.05) is 133 Å². The van der Waals surface area contributed by atoms with Gasteiger partial charge in [-0.2, -0.15) is 0 Å². The predicted octanol–water partition coefficient (Wildman–Crippen LogP) is 11.1. The summed E-state index contributed by atoms with van der Waals surface area (Å²) in [5.74, 6) is 2.04. The van der Waals surface area contributed by atoms with Crippen LogP contribution < -0.4 is 0 Å². The van der Waals surface area contributed by atoms with Gasteiger partial charge in [0, 0.05) is 31.3 Å². The zero-order valence-corrected chi connectivity index (χ0v) is 26.7. The maximum absolute atomic E-state index is 5.49. The zero-order valence-electron chi connectivity index (χ0n) is 25.8. The molecule has 7 aromatic carbocycles. The number of aromatic nitrogens is 3. The average Bonchev–Trinajstić information content (AvgIpc) is 3.68. The molecule has 0 bridgehead atoms. The summed E-state index contributed by atoms with van der Waals surface area (Å²) >= 11 is 1.82. The van der Waals surface area contributed by atoms with Crippen LogP contribution in [0.25, 0.3) is 64.8 Å². The quantitative estimate of drug-likeness (QED) is 0.194. The molecule has 3 nitrogen and oxygen atoms in total. The Balaban J connectivity index is 1.32. The molecule has 10 rings (SSSR count). The summed E-state index contributed by atoms with van der Waals surface area (Å²) in [6.45, 7) is 0. The van der Waals surface area contributed by atoms with Gasteiger partial charge in [0.2, 0.25) is 0 Å². The molecule has 1 aliphatic carbocycles. The van der Waals surface area contributed by atoms with Crippen molar-refractivity contribution in [2.24, 2.45) is 0 Å². The molecule has 9 aromatic rings. The van der Waals surface area contributed by atoms with E-state index in [1.54, 1.807) is 0 Å². The van der Waals surface area contributed by atoms with Crippen molar-refractivity contribution in [1.82, 2.24) is 15.0 Å². The van der Waals surface area contributed by atoms with E-state index in [0.29, 0.717) is 17.5 Å². The van der Waals surface area contributed by atoms with E-state index in [1.807, 2.05) is 29.5 Å². The third-order valence-electron chi connectivity index (χ3n) is 9.77. The first-order valence-electron chi connectivity index (χ1n) is 16.2. The lowest BCUT2D eigenvalue weighted by molar-refractivity contribution is 0.693. The van der Waals surface area contributed by atoms with E-state index in [4.69, 9.17) is 15.0 Å². The Bertz CT molecular complexity index is 2650. The monoisotopic (exact) mass is 629 g/mol. The van der Waals surface area contributed by atoms with Gasteiger partial charge < -0.3 is 0 Å². The molecule has 2 aromatic heterocycles. The fourth-order valence-corrected chi connectivity index (χ4v) is 8.68. The number of thiophene rings is 1. The van der Waals surface area contributed by atoms with Crippen molar-refractivity contribution >= 4 is 42.3 Å². The highest BCUT2D eigenvalue weighted by molar-refractivity contribution is 7.25. The molecule has 0 amide bonds. The first kappa shape index (κ1) is 27.2. The van der Waals surface area contributed by atoms with E-state index >= 15 is 0 Å². The summed E-state index contributed by atoms with van der Waals surface area (Å²) in [6, 6.07) is 58.3. The lowest BCUT2D eigenvalue weighted by Crippen LogP contribution is -2.31. The van der Waals surface area contributed by atoms with Gasteiger partial charge in [0.05, 0.1) is 0 Å². The molecule has 0 radical (unpaired) electrons. The molecule has 0 unspecified atom stereocenters. The van der Waals surface area contributed by atoms with Crippen LogP contribution in [0.4, 0.5) is 0 Å². The van der Waals surface area contributed by atoms with Crippen LogP contribution in [-0.4, -0.2) is 15.0 Å². The Morgan fingerprint density at radius 2 is 1.04 bits per heavy atom. The number of nitrogens with zero attached hydrogens (tertiary/aromatic N) is 3. The highest BCUT2D eigenvalue weighted by atomic mass is 32.1. The molecular formula is C44H27N3S. The Morgan fingerprint density at radius 1 is 0.417 bits per heavy atom. The van der Waals surface area contributed by atoms with Crippen LogP contribution in [0.5, 0.6) is 0 Å². The van der Waals surface area contributed by atoms with Gasteiger partial charge in [0.25, 0.3) is 0 Å². The number of fused-ring (bicyclic) bond motifs is 7. The fourth-order valence-electron chi connectivity index (χ4n) is 7.59. The first-order valence-corrected chi connectivity index (χ1v) is 17.0. The van der Waals surface area contributed by atoms with E-state index in [9.17, 15) is 0 Å². The topological polar surface area (TPSA) is 38.7 Å². The number of hydrogen-bond donors (Lipinski definition) is 0. The summed E-state index contributed by atoms with van der Waals surface area (Å²) in [5, 5.41) is 4.86. The molecular weight excluding hydrogens is 603 g/mol. The second kappa shape index (κ2) is 10.5. The Kier molecular flexibility index (Phi) is 5.96. The van der Waals surface area contributed by atoms with E-state index in [0.717, 1.165) is 16.7 Å². The van der Waals surface area contributed by atoms with Crippen LogP contribution in [0.1, 0.15) is 22.5 Å². The average molecular weight is 630 g/mol. The number of benzene rings is 7. The van der Waals surface area contributed by atoms with Crippen LogP contribution in [-0.2, 0) is 5.41 Å². The molecule has 48 heavy (non-hydrogen) atoms. The standard InChI is InChI=1S/C44H27N3S/c1-2-13-29(14-3-1)41-45-42(31-23-25-40-36(27-31)35-18-8-11-21-39(35)48-40)47-43(46-41)44(32-24-22-28-12-4-5-15-30(28)26-32)37-19-9-6-16-33(37)34-17-7-10-20-38(34)44/h1-27H. The van der Waals surface area contributed by atoms with E-state index < -0.39 is 5.41 Å². The number of rotatable bonds is 4. The molecule has 0 saturated heterocycles. The third kappa shape index (κ3) is 3.96. The highest BCUT2D eigenvalue weighted by Crippen LogP contribution is 2.55. The molecule has 0 saturated carbocycles. The molecule has 0 aliphatic heterocycles. The maximum Gasteiger partial charge on any atom is 0.163 e. The molecule has 224 valence electrons. The fraction of sp³-hybridized carbons (Fsp3) is 0.0227. The summed E-state index contributed by atoms with van der Waals surface area (Å²) in [5.41, 5.74) is 7.06. The predicted molar refractivity (Wildman–Crippen MR) is 198 cm³/mol. The zero-order chi connectivity index (χ0) is 31.7. The van der Waals surface area contributed by atoms with Gasteiger partial charge in [0.1, 0.15) is 5.41 Å². The second-order valence-corrected chi connectivity index (χ2v) is 13.5. The third-order valence-corrected chi connectivity index (χ3v) is 10.9. The minimum Gasteiger partial charge on any atom is -0.211 e. The van der Waals surface area contributed by atoms with Gasteiger partial charge in [-0.15, -0.1) is 11.3 Å². The molecule has 1 aliphatic rings. The van der Waals surface area contributed by atoms with Crippen LogP contribution in [0, 0.1) is 0 Å². The van der Waals surface area contributed by atoms with Crippen molar-refractivity contribution in [3.8, 4) is 33.9 Å². The molecule has 0 spiro atoms. The largest absolute Gasteiger partial charge is 0.211 e. The molecule has 0 N–H and O–H groups in total. The van der Waals surface area contributed by atoms with Crippen molar-refractivity contribution in [2.75, 3.05) is 0 Å². The summed E-state index contributed by atoms with van der Waals surface area (Å²) in [6.07, 6.45) is 0. The van der Waals surface area contributed by atoms with Crippen LogP contribution in [0.15, 0.2) is 164 Å². The van der Waals surface area contributed by atoms with E-state index in [-0.39, 0.29) is 0 Å². The summed E-state index contributed by atoms with van der Waals surface area (Å²) < 4.78 is 2.53. The lowest BCUT2D eigenvalue weighted by atomic mass is 9.71. The van der Waals surface area contributed by atoms with E-state index in [2.05, 4.69) is 146 Å². The molecule has 2 heterocycles. The van der Waals surface area contributed by atoms with Crippen molar-refractivity contribution < 1.29 is 0 Å². The van der Waals surface area contributed by atoms with Crippen molar-refractivity contribution in [3.63, 3.8) is 0 Å². The molecule has 0 atom stereocenters. The smallest absolute Gasteiger partial charge is 0.163 e. The Hall–Kier alpha value is -5.97. The highest BCUT2D eigenvalue weighted by Gasteiger charge is 2.49. The summed E-state index contributed by atoms with van der Waals surface area (Å²) in [7, 11) is 0. The van der Waals surface area contributed by atoms with Crippen molar-refractivity contribution in [2.45, 2.75) is 5.41 Å². The first-order chi connectivity index (χ1) is 23.8. The van der Waals surface area contributed by atoms with Gasteiger partial charge in [-0.3, -0.25) is 0 Å². The van der Waals surface area contributed by atoms with Crippen LogP contribution in [0.3, 0.4) is 0 Å². The Labute approximate surface area is 281 Å². The normalized spacial score (nSPS) is 13.2. The SMILES string of the molecule is c1ccc(-c2nc(-c3ccc4sc5ccccc5c4c3)nc(C3(c4ccc5ccccc5c4)c4ccccc4-c4ccccc43)n2)cc1. The van der Waals surface area contributed by atoms with Gasteiger partial charge in [0.15, 0.2) is 17.5 Å². The van der Waals surface area contributed by atoms with Crippen LogP contribution in [0.2, 0.25) is 0 Å². The van der Waals surface area contributed by atoms with Crippen molar-refractivity contribution in [1.29, 1.82) is 0 Å². The van der Waals surface area contributed by atoms with Gasteiger partial charge in [-0.25, -0.2) is 15.0 Å². The minimum atomic E-state index is -0.766.